The summed E-state index contributed by atoms with van der Waals surface area (Å²) in [5, 5.41) is 0. The molecule has 4 rings (SSSR count). The lowest BCUT2D eigenvalue weighted by molar-refractivity contribution is -0.903. The molecular formula is C28H44BrNO6. The second kappa shape index (κ2) is 11.9. The first-order valence-electron chi connectivity index (χ1n) is 13.1. The van der Waals surface area contributed by atoms with Gasteiger partial charge in [-0.2, -0.15) is 0 Å². The molecule has 0 saturated carbocycles. The molecular weight excluding hydrogens is 526 g/mol. The minimum Gasteiger partial charge on any atom is -1.00 e. The van der Waals surface area contributed by atoms with E-state index in [1.165, 1.54) is 5.56 Å². The van der Waals surface area contributed by atoms with Crippen LogP contribution in [-0.4, -0.2) is 73.7 Å². The van der Waals surface area contributed by atoms with Gasteiger partial charge in [-0.3, -0.25) is 4.79 Å². The number of hydrogen-bond donors (Lipinski definition) is 0. The third-order valence-corrected chi connectivity index (χ3v) is 7.26. The zero-order valence-corrected chi connectivity index (χ0v) is 24.3. The number of hydrogen-bond acceptors (Lipinski definition) is 6. The van der Waals surface area contributed by atoms with Crippen LogP contribution < -0.4 is 17.0 Å². The number of fused-ring (bicyclic) bond motifs is 1. The van der Waals surface area contributed by atoms with Crippen LogP contribution in [0.15, 0.2) is 30.3 Å². The Morgan fingerprint density at radius 3 is 2.33 bits per heavy atom. The van der Waals surface area contributed by atoms with Crippen LogP contribution in [0.4, 0.5) is 0 Å². The number of benzene rings is 1. The van der Waals surface area contributed by atoms with E-state index < -0.39 is 17.9 Å². The summed E-state index contributed by atoms with van der Waals surface area (Å²) in [6, 6.07) is 10.6. The highest BCUT2D eigenvalue weighted by molar-refractivity contribution is 5.78. The number of ether oxygens (including phenoxy) is 5. The smallest absolute Gasteiger partial charge is 0.187 e. The van der Waals surface area contributed by atoms with Crippen molar-refractivity contribution in [1.29, 1.82) is 0 Å². The van der Waals surface area contributed by atoms with Gasteiger partial charge in [-0.25, -0.2) is 0 Å². The van der Waals surface area contributed by atoms with Gasteiger partial charge in [0.25, 0.3) is 0 Å². The van der Waals surface area contributed by atoms with Crippen molar-refractivity contribution in [3.05, 3.63) is 35.9 Å². The van der Waals surface area contributed by atoms with Gasteiger partial charge in [-0.1, -0.05) is 30.3 Å². The molecule has 3 fully saturated rings. The van der Waals surface area contributed by atoms with Gasteiger partial charge in [-0.15, -0.1) is 0 Å². The Morgan fingerprint density at radius 2 is 1.67 bits per heavy atom. The van der Waals surface area contributed by atoms with E-state index in [4.69, 9.17) is 23.7 Å². The quantitative estimate of drug-likeness (QED) is 0.297. The number of unbranched alkanes of at least 4 members (excludes halogenated alkanes) is 2. The minimum atomic E-state index is -0.710. The van der Waals surface area contributed by atoms with Crippen LogP contribution in [0.1, 0.15) is 65.4 Å². The fraction of sp³-hybridized carbons (Fsp3) is 0.750. The zero-order valence-electron chi connectivity index (χ0n) is 22.7. The fourth-order valence-electron chi connectivity index (χ4n) is 5.63. The largest absolute Gasteiger partial charge is 1.00 e. The molecule has 0 amide bonds. The van der Waals surface area contributed by atoms with Crippen molar-refractivity contribution in [3.8, 4) is 0 Å². The van der Waals surface area contributed by atoms with Gasteiger partial charge in [-0.05, 0) is 47.0 Å². The first-order chi connectivity index (χ1) is 16.4. The van der Waals surface area contributed by atoms with Gasteiger partial charge in [0.1, 0.15) is 24.5 Å². The summed E-state index contributed by atoms with van der Waals surface area (Å²) in [6.45, 7) is 10.1. The normalized spacial score (nSPS) is 30.7. The van der Waals surface area contributed by atoms with Gasteiger partial charge in [0.15, 0.2) is 17.9 Å². The lowest BCUT2D eigenvalue weighted by Crippen LogP contribution is -3.00. The monoisotopic (exact) mass is 569 g/mol. The van der Waals surface area contributed by atoms with Crippen LogP contribution in [0.3, 0.4) is 0 Å². The van der Waals surface area contributed by atoms with E-state index in [1.54, 1.807) is 0 Å². The molecule has 1 unspecified atom stereocenters. The van der Waals surface area contributed by atoms with Crippen LogP contribution in [0.5, 0.6) is 0 Å². The summed E-state index contributed by atoms with van der Waals surface area (Å²) in [7, 11) is 4.55. The summed E-state index contributed by atoms with van der Waals surface area (Å²) >= 11 is 0. The highest BCUT2D eigenvalue weighted by atomic mass is 79.9. The molecule has 1 aromatic rings. The standard InChI is InChI=1S/C28H44NO6.BrH/c1-27(2)31-19-23(33-27)24-22(25-26(32-24)35-28(3,4)34-25)17-21(30)15-11-8-12-16-29(5,6)18-20-13-9-7-10-14-20;/h7,9-10,13-14,22-26H,8,11-12,15-19H2,1-6H3;1H/q+1;/p-1/t22?,23-,24+,25-,26-;/m1./s1. The van der Waals surface area contributed by atoms with Crippen LogP contribution in [0, 0.1) is 5.92 Å². The number of carbonyl (C=O) groups excluding carboxylic acids is 1. The second-order valence-corrected chi connectivity index (χ2v) is 12.0. The lowest BCUT2D eigenvalue weighted by atomic mass is 9.88. The molecule has 0 aromatic heterocycles. The van der Waals surface area contributed by atoms with Crippen molar-refractivity contribution in [2.75, 3.05) is 27.2 Å². The van der Waals surface area contributed by atoms with Crippen molar-refractivity contribution >= 4 is 5.78 Å². The maximum Gasteiger partial charge on any atom is 0.187 e. The lowest BCUT2D eigenvalue weighted by Gasteiger charge is -2.30. The summed E-state index contributed by atoms with van der Waals surface area (Å²) in [5.74, 6) is -1.20. The van der Waals surface area contributed by atoms with Crippen molar-refractivity contribution in [1.82, 2.24) is 0 Å². The maximum atomic E-state index is 13.0. The van der Waals surface area contributed by atoms with Gasteiger partial charge >= 0.3 is 0 Å². The molecule has 3 aliphatic rings. The second-order valence-electron chi connectivity index (χ2n) is 12.0. The molecule has 3 aliphatic heterocycles. The number of rotatable bonds is 11. The van der Waals surface area contributed by atoms with Crippen LogP contribution >= 0.6 is 0 Å². The van der Waals surface area contributed by atoms with E-state index in [-0.39, 0.29) is 47.0 Å². The molecule has 3 saturated heterocycles. The van der Waals surface area contributed by atoms with Crippen LogP contribution in [0.25, 0.3) is 0 Å². The van der Waals surface area contributed by atoms with E-state index in [2.05, 4.69) is 44.4 Å². The van der Waals surface area contributed by atoms with E-state index in [0.717, 1.165) is 36.8 Å². The third kappa shape index (κ3) is 7.82. The Bertz CT molecular complexity index is 861. The van der Waals surface area contributed by atoms with Gasteiger partial charge in [0.05, 0.1) is 33.4 Å². The third-order valence-electron chi connectivity index (χ3n) is 7.26. The average molecular weight is 571 g/mol. The fourth-order valence-corrected chi connectivity index (χ4v) is 5.63. The Balaban J connectivity index is 0.00000361. The predicted octanol–water partition coefficient (Wildman–Crippen LogP) is 1.43. The van der Waals surface area contributed by atoms with E-state index in [9.17, 15) is 4.79 Å². The van der Waals surface area contributed by atoms with Crippen molar-refractivity contribution < 1.29 is 49.9 Å². The highest BCUT2D eigenvalue weighted by Gasteiger charge is 2.58. The molecule has 0 aliphatic carbocycles. The first-order valence-corrected chi connectivity index (χ1v) is 13.1. The van der Waals surface area contributed by atoms with E-state index in [0.29, 0.717) is 19.4 Å². The number of quaternary nitrogens is 1. The zero-order chi connectivity index (χ0) is 25.3. The molecule has 0 spiro atoms. The topological polar surface area (TPSA) is 63.2 Å². The number of Topliss-reactive ketones (excluding diaryl/α,β-unsaturated/α-hetero) is 1. The molecule has 8 heteroatoms. The van der Waals surface area contributed by atoms with Gasteiger partial charge in [0.2, 0.25) is 0 Å². The van der Waals surface area contributed by atoms with E-state index >= 15 is 0 Å². The Labute approximate surface area is 227 Å². The van der Waals surface area contributed by atoms with E-state index in [1.807, 2.05) is 27.7 Å². The molecule has 0 N–H and O–H groups in total. The molecule has 1 aromatic carbocycles. The average Bonchev–Trinajstić information content (AvgIpc) is 3.37. The molecule has 0 radical (unpaired) electrons. The first kappa shape index (κ1) is 29.7. The number of carbonyl (C=O) groups is 1. The van der Waals surface area contributed by atoms with Crippen molar-refractivity contribution in [2.45, 2.75) is 103 Å². The molecule has 3 heterocycles. The van der Waals surface area contributed by atoms with Crippen molar-refractivity contribution in [3.63, 3.8) is 0 Å². The van der Waals surface area contributed by atoms with Crippen molar-refractivity contribution in [2.24, 2.45) is 5.92 Å². The molecule has 0 bridgehead atoms. The summed E-state index contributed by atoms with van der Waals surface area (Å²) in [5.41, 5.74) is 1.36. The van der Waals surface area contributed by atoms with Crippen LogP contribution in [0.2, 0.25) is 0 Å². The number of ketones is 1. The Morgan fingerprint density at radius 1 is 0.944 bits per heavy atom. The molecule has 7 nitrogen and oxygen atoms in total. The maximum absolute atomic E-state index is 13.0. The van der Waals surface area contributed by atoms with Gasteiger partial charge in [0, 0.05) is 24.3 Å². The summed E-state index contributed by atoms with van der Waals surface area (Å²) < 4.78 is 31.2. The number of halogens is 1. The Kier molecular flexibility index (Phi) is 9.80. The highest BCUT2D eigenvalue weighted by Crippen LogP contribution is 2.45. The van der Waals surface area contributed by atoms with Gasteiger partial charge < -0.3 is 45.1 Å². The SMILES string of the molecule is CC1(C)O[C@H]2O[C@H]([C@H]3COC(C)(C)O3)C(CC(=O)CCCCC[N+](C)(C)Cc3ccccc3)[C@H]2O1.[Br-]. The summed E-state index contributed by atoms with van der Waals surface area (Å²) in [4.78, 5) is 13.0. The summed E-state index contributed by atoms with van der Waals surface area (Å²) in [6.07, 6.45) is 2.85. The number of nitrogens with zero attached hydrogens (tertiary/aromatic N) is 1. The minimum absolute atomic E-state index is 0. The Hall–Kier alpha value is -0.870. The predicted molar refractivity (Wildman–Crippen MR) is 132 cm³/mol. The molecule has 204 valence electrons. The van der Waals surface area contributed by atoms with Crippen LogP contribution in [-0.2, 0) is 35.0 Å². The molecule has 5 atom stereocenters. The molecule has 36 heavy (non-hydrogen) atoms.